The molecule has 0 saturated heterocycles. The number of fused-ring (bicyclic) bond motifs is 1. The third kappa shape index (κ3) is 1.81. The minimum Gasteiger partial charge on any atom is -0.493 e. The number of methoxy groups -OCH3 is 1. The third-order valence-corrected chi connectivity index (χ3v) is 2.40. The van der Waals surface area contributed by atoms with Crippen LogP contribution >= 0.6 is 0 Å². The van der Waals surface area contributed by atoms with Gasteiger partial charge in [-0.1, -0.05) is 6.07 Å². The molecule has 0 bridgehead atoms. The summed E-state index contributed by atoms with van der Waals surface area (Å²) < 4.78 is 10.6. The van der Waals surface area contributed by atoms with Crippen molar-refractivity contribution in [2.75, 3.05) is 19.0 Å². The molecule has 1 heterocycles. The maximum absolute atomic E-state index is 11.6. The highest BCUT2D eigenvalue weighted by molar-refractivity contribution is 5.98. The zero-order chi connectivity index (χ0) is 11.5. The van der Waals surface area contributed by atoms with Gasteiger partial charge in [0.25, 0.3) is 5.91 Å². The zero-order valence-corrected chi connectivity index (χ0v) is 8.90. The van der Waals surface area contributed by atoms with E-state index >= 15 is 0 Å². The van der Waals surface area contributed by atoms with Crippen LogP contribution in [0.25, 0.3) is 0 Å². The first-order valence-corrected chi connectivity index (χ1v) is 5.01. The number of aliphatic hydroxyl groups excluding tert-OH is 1. The highest BCUT2D eigenvalue weighted by atomic mass is 16.5. The van der Waals surface area contributed by atoms with Crippen LogP contribution in [0.3, 0.4) is 0 Å². The number of benzene rings is 1. The predicted octanol–water partition coefficient (Wildman–Crippen LogP) is 0.777. The molecule has 2 rings (SSSR count). The fraction of sp³-hybridized carbons (Fsp3) is 0.364. The SMILES string of the molecule is COc1cccc2c1OC(CCO)C(=O)N2. The summed E-state index contributed by atoms with van der Waals surface area (Å²) in [7, 11) is 1.54. The Labute approximate surface area is 93.0 Å². The van der Waals surface area contributed by atoms with Crippen molar-refractivity contribution in [1.29, 1.82) is 0 Å². The Morgan fingerprint density at radius 3 is 3.06 bits per heavy atom. The van der Waals surface area contributed by atoms with Gasteiger partial charge in [0.1, 0.15) is 0 Å². The van der Waals surface area contributed by atoms with Gasteiger partial charge in [0.05, 0.1) is 12.8 Å². The smallest absolute Gasteiger partial charge is 0.265 e. The van der Waals surface area contributed by atoms with Crippen LogP contribution in [0.1, 0.15) is 6.42 Å². The average Bonchev–Trinajstić information content (AvgIpc) is 2.29. The Hall–Kier alpha value is -1.75. The first-order valence-electron chi connectivity index (χ1n) is 5.01. The zero-order valence-electron chi connectivity index (χ0n) is 8.90. The van der Waals surface area contributed by atoms with Crippen molar-refractivity contribution >= 4 is 11.6 Å². The van der Waals surface area contributed by atoms with Gasteiger partial charge in [-0.3, -0.25) is 4.79 Å². The van der Waals surface area contributed by atoms with Crippen molar-refractivity contribution in [3.05, 3.63) is 18.2 Å². The molecule has 0 fully saturated rings. The van der Waals surface area contributed by atoms with Crippen molar-refractivity contribution < 1.29 is 19.4 Å². The Balaban J connectivity index is 2.32. The second kappa shape index (κ2) is 4.40. The van der Waals surface area contributed by atoms with E-state index in [0.29, 0.717) is 17.2 Å². The summed E-state index contributed by atoms with van der Waals surface area (Å²) in [4.78, 5) is 11.6. The maximum atomic E-state index is 11.6. The highest BCUT2D eigenvalue weighted by Gasteiger charge is 2.28. The predicted molar refractivity (Wildman–Crippen MR) is 57.7 cm³/mol. The van der Waals surface area contributed by atoms with E-state index in [1.165, 1.54) is 7.11 Å². The molecular weight excluding hydrogens is 210 g/mol. The number of hydrogen-bond donors (Lipinski definition) is 2. The van der Waals surface area contributed by atoms with Crippen LogP contribution in [0, 0.1) is 0 Å². The Morgan fingerprint density at radius 1 is 1.56 bits per heavy atom. The lowest BCUT2D eigenvalue weighted by Gasteiger charge is -2.26. The summed E-state index contributed by atoms with van der Waals surface area (Å²) in [5, 5.41) is 11.5. The number of hydrogen-bond acceptors (Lipinski definition) is 4. The van der Waals surface area contributed by atoms with Crippen LogP contribution in [-0.4, -0.2) is 30.8 Å². The van der Waals surface area contributed by atoms with Gasteiger partial charge in [0.2, 0.25) is 0 Å². The van der Waals surface area contributed by atoms with E-state index in [1.807, 2.05) is 0 Å². The number of aliphatic hydroxyl groups is 1. The van der Waals surface area contributed by atoms with E-state index in [0.717, 1.165) is 0 Å². The Bertz CT molecular complexity index is 405. The van der Waals surface area contributed by atoms with Crippen LogP contribution in [-0.2, 0) is 4.79 Å². The van der Waals surface area contributed by atoms with Crippen molar-refractivity contribution in [2.45, 2.75) is 12.5 Å². The van der Waals surface area contributed by atoms with Crippen molar-refractivity contribution in [2.24, 2.45) is 0 Å². The van der Waals surface area contributed by atoms with Crippen LogP contribution in [0.2, 0.25) is 0 Å². The van der Waals surface area contributed by atoms with Crippen LogP contribution < -0.4 is 14.8 Å². The fourth-order valence-corrected chi connectivity index (χ4v) is 1.61. The molecule has 1 aliphatic heterocycles. The van der Waals surface area contributed by atoms with Gasteiger partial charge in [-0.2, -0.15) is 0 Å². The quantitative estimate of drug-likeness (QED) is 0.794. The first-order chi connectivity index (χ1) is 7.76. The maximum Gasteiger partial charge on any atom is 0.265 e. The molecule has 1 aromatic carbocycles. The van der Waals surface area contributed by atoms with Gasteiger partial charge in [-0.05, 0) is 12.1 Å². The number of nitrogens with one attached hydrogen (secondary N) is 1. The number of carbonyl (C=O) groups excluding carboxylic acids is 1. The molecular formula is C11H13NO4. The first kappa shape index (κ1) is 10.8. The van der Waals surface area contributed by atoms with Gasteiger partial charge >= 0.3 is 0 Å². The molecule has 0 aromatic heterocycles. The lowest BCUT2D eigenvalue weighted by atomic mass is 10.1. The second-order valence-electron chi connectivity index (χ2n) is 3.44. The highest BCUT2D eigenvalue weighted by Crippen LogP contribution is 2.38. The molecule has 0 spiro atoms. The molecule has 16 heavy (non-hydrogen) atoms. The van der Waals surface area contributed by atoms with Crippen molar-refractivity contribution in [3.8, 4) is 11.5 Å². The largest absolute Gasteiger partial charge is 0.493 e. The fourth-order valence-electron chi connectivity index (χ4n) is 1.61. The van der Waals surface area contributed by atoms with Gasteiger partial charge in [0, 0.05) is 13.0 Å². The average molecular weight is 223 g/mol. The van der Waals surface area contributed by atoms with E-state index in [-0.39, 0.29) is 18.9 Å². The molecule has 86 valence electrons. The van der Waals surface area contributed by atoms with Crippen LogP contribution in [0.15, 0.2) is 18.2 Å². The summed E-state index contributed by atoms with van der Waals surface area (Å²) in [5.41, 5.74) is 0.596. The summed E-state index contributed by atoms with van der Waals surface area (Å²) >= 11 is 0. The molecule has 5 nitrogen and oxygen atoms in total. The summed E-state index contributed by atoms with van der Waals surface area (Å²) in [6.07, 6.45) is -0.391. The minimum atomic E-state index is -0.659. The van der Waals surface area contributed by atoms with E-state index in [9.17, 15) is 4.79 Å². The van der Waals surface area contributed by atoms with Crippen molar-refractivity contribution in [1.82, 2.24) is 0 Å². The standard InChI is InChI=1S/C11H13NO4/c1-15-8-4-2-3-7-10(8)16-9(5-6-13)11(14)12-7/h2-4,9,13H,5-6H2,1H3,(H,12,14). The molecule has 1 unspecified atom stereocenters. The monoisotopic (exact) mass is 223 g/mol. The molecule has 1 amide bonds. The topological polar surface area (TPSA) is 67.8 Å². The molecule has 1 aliphatic rings. The summed E-state index contributed by atoms with van der Waals surface area (Å²) in [6, 6.07) is 5.27. The summed E-state index contributed by atoms with van der Waals surface area (Å²) in [5.74, 6) is 0.846. The van der Waals surface area contributed by atoms with E-state index in [1.54, 1.807) is 18.2 Å². The molecule has 0 aliphatic carbocycles. The van der Waals surface area contributed by atoms with E-state index in [2.05, 4.69) is 5.32 Å². The van der Waals surface area contributed by atoms with Gasteiger partial charge in [-0.15, -0.1) is 0 Å². The minimum absolute atomic E-state index is 0.0947. The normalized spacial score (nSPS) is 18.4. The van der Waals surface area contributed by atoms with Crippen LogP contribution in [0.4, 0.5) is 5.69 Å². The number of rotatable bonds is 3. The lowest BCUT2D eigenvalue weighted by molar-refractivity contribution is -0.124. The summed E-state index contributed by atoms with van der Waals surface area (Å²) in [6.45, 7) is -0.0947. The van der Waals surface area contributed by atoms with E-state index < -0.39 is 6.10 Å². The van der Waals surface area contributed by atoms with Crippen molar-refractivity contribution in [3.63, 3.8) is 0 Å². The van der Waals surface area contributed by atoms with Gasteiger partial charge in [0.15, 0.2) is 17.6 Å². The van der Waals surface area contributed by atoms with Crippen LogP contribution in [0.5, 0.6) is 11.5 Å². The molecule has 5 heteroatoms. The lowest BCUT2D eigenvalue weighted by Crippen LogP contribution is -2.37. The van der Waals surface area contributed by atoms with E-state index in [4.69, 9.17) is 14.6 Å². The Kier molecular flexibility index (Phi) is 2.96. The van der Waals surface area contributed by atoms with Gasteiger partial charge < -0.3 is 19.9 Å². The molecule has 1 aromatic rings. The Morgan fingerprint density at radius 2 is 2.38 bits per heavy atom. The molecule has 0 radical (unpaired) electrons. The molecule has 1 atom stereocenters. The molecule has 0 saturated carbocycles. The molecule has 2 N–H and O–H groups in total. The third-order valence-electron chi connectivity index (χ3n) is 2.40. The number of carbonyl (C=O) groups is 1. The number of amides is 1. The number of ether oxygens (including phenoxy) is 2. The second-order valence-corrected chi connectivity index (χ2v) is 3.44. The van der Waals surface area contributed by atoms with Gasteiger partial charge in [-0.25, -0.2) is 0 Å². The number of para-hydroxylation sites is 1. The number of anilines is 1.